The molecular weight excluding hydrogens is 407 g/mol. The van der Waals surface area contributed by atoms with Gasteiger partial charge < -0.3 is 0 Å². The topological polar surface area (TPSA) is 43.1 Å². The van der Waals surface area contributed by atoms with Crippen LogP contribution in [0.5, 0.6) is 0 Å². The van der Waals surface area contributed by atoms with Crippen LogP contribution in [0.25, 0.3) is 0 Å². The molecule has 0 amide bonds. The molecule has 0 bridgehead atoms. The van der Waals surface area contributed by atoms with Crippen LogP contribution in [0.3, 0.4) is 0 Å². The smallest absolute Gasteiger partial charge is 0.258 e. The lowest BCUT2D eigenvalue weighted by Crippen LogP contribution is -1.90. The normalized spacial score (nSPS) is 9.92. The fourth-order valence-corrected chi connectivity index (χ4v) is 2.49. The molecule has 0 aliphatic heterocycles. The third-order valence-corrected chi connectivity index (χ3v) is 3.93. The molecule has 1 aromatic carbocycles. The van der Waals surface area contributed by atoms with Gasteiger partial charge in [0, 0.05) is 19.3 Å². The predicted octanol–water partition coefficient (Wildman–Crippen LogP) is 3.46. The number of non-ortho nitro benzene ring substituents is 1. The number of nitrogens with zero attached hydrogens (tertiary/aromatic N) is 1. The van der Waals surface area contributed by atoms with Gasteiger partial charge in [0.1, 0.15) is 0 Å². The molecule has 0 fully saturated rings. The van der Waals surface area contributed by atoms with Gasteiger partial charge in [-0.25, -0.2) is 0 Å². The van der Waals surface area contributed by atoms with Gasteiger partial charge >= 0.3 is 0 Å². The Bertz CT molecular complexity index is 319. The van der Waals surface area contributed by atoms with Crippen molar-refractivity contribution in [3.63, 3.8) is 0 Å². The van der Waals surface area contributed by atoms with Crippen LogP contribution in [0, 0.1) is 17.3 Å². The summed E-state index contributed by atoms with van der Waals surface area (Å²) in [5, 5.41) is 10.9. The highest BCUT2D eigenvalue weighted by molar-refractivity contribution is 14.1. The van der Waals surface area contributed by atoms with Crippen molar-refractivity contribution < 1.29 is 4.92 Å². The summed E-state index contributed by atoms with van der Waals surface area (Å²) in [5.74, 6) is 0. The van der Waals surface area contributed by atoms with Crippen molar-refractivity contribution >= 4 is 62.5 Å². The largest absolute Gasteiger partial charge is 0.271 e. The third-order valence-electron chi connectivity index (χ3n) is 1.18. The summed E-state index contributed by atoms with van der Waals surface area (Å²) < 4.78 is 1.40. The van der Waals surface area contributed by atoms with E-state index in [4.69, 9.17) is 11.6 Å². The van der Waals surface area contributed by atoms with E-state index in [2.05, 4.69) is 0 Å². The fraction of sp³-hybridized carbons (Fsp3) is 0. The highest BCUT2D eigenvalue weighted by Gasteiger charge is 2.11. The van der Waals surface area contributed by atoms with E-state index in [-0.39, 0.29) is 5.69 Å². The van der Waals surface area contributed by atoms with E-state index in [9.17, 15) is 10.1 Å². The van der Waals surface area contributed by atoms with E-state index < -0.39 is 4.92 Å². The molecule has 0 unspecified atom stereocenters. The van der Waals surface area contributed by atoms with Crippen molar-refractivity contribution in [1.29, 1.82) is 0 Å². The van der Waals surface area contributed by atoms with Crippen LogP contribution >= 0.6 is 56.8 Å². The Hall–Kier alpha value is 0.370. The van der Waals surface area contributed by atoms with Crippen molar-refractivity contribution in [3.8, 4) is 0 Å². The van der Waals surface area contributed by atoms with Gasteiger partial charge in [0.05, 0.1) is 9.95 Å². The summed E-state index contributed by atoms with van der Waals surface area (Å²) in [6, 6.07) is 2.90. The zero-order chi connectivity index (χ0) is 9.30. The lowest BCUT2D eigenvalue weighted by molar-refractivity contribution is -0.385. The van der Waals surface area contributed by atoms with Gasteiger partial charge in [0.2, 0.25) is 0 Å². The summed E-state index contributed by atoms with van der Waals surface area (Å²) >= 11 is 9.75. The first kappa shape index (κ1) is 10.5. The molecule has 12 heavy (non-hydrogen) atoms. The summed E-state index contributed by atoms with van der Waals surface area (Å²) in [6.07, 6.45) is 0. The Balaban J connectivity index is 3.31. The minimum absolute atomic E-state index is 0.0770. The number of rotatable bonds is 1. The Morgan fingerprint density at radius 1 is 1.33 bits per heavy atom. The van der Waals surface area contributed by atoms with E-state index in [1.54, 1.807) is 0 Å². The Labute approximate surface area is 101 Å². The molecule has 6 heteroatoms. The molecule has 0 spiro atoms. The summed E-state index contributed by atoms with van der Waals surface area (Å²) in [6.45, 7) is 0. The average molecular weight is 409 g/mol. The first-order valence-electron chi connectivity index (χ1n) is 2.81. The van der Waals surface area contributed by atoms with Gasteiger partial charge in [0.25, 0.3) is 5.69 Å². The summed E-state index contributed by atoms with van der Waals surface area (Å²) in [5.41, 5.74) is 0.0770. The van der Waals surface area contributed by atoms with Crippen LogP contribution in [0.15, 0.2) is 12.1 Å². The number of halogens is 3. The van der Waals surface area contributed by atoms with E-state index in [0.717, 1.165) is 0 Å². The second-order valence-electron chi connectivity index (χ2n) is 1.98. The van der Waals surface area contributed by atoms with Crippen molar-refractivity contribution in [1.82, 2.24) is 0 Å². The van der Waals surface area contributed by atoms with Crippen LogP contribution in [0.4, 0.5) is 5.69 Å². The van der Waals surface area contributed by atoms with Crippen molar-refractivity contribution in [2.24, 2.45) is 0 Å². The lowest BCUT2D eigenvalue weighted by Gasteiger charge is -1.98. The Kier molecular flexibility index (Phi) is 3.53. The molecule has 1 aromatic rings. The highest BCUT2D eigenvalue weighted by atomic mass is 127. The van der Waals surface area contributed by atoms with E-state index in [1.807, 2.05) is 45.2 Å². The van der Waals surface area contributed by atoms with Gasteiger partial charge in [-0.05, 0) is 45.2 Å². The molecule has 3 nitrogen and oxygen atoms in total. The van der Waals surface area contributed by atoms with E-state index in [1.165, 1.54) is 12.1 Å². The molecule has 0 N–H and O–H groups in total. The molecule has 64 valence electrons. The quantitative estimate of drug-likeness (QED) is 0.309. The summed E-state index contributed by atoms with van der Waals surface area (Å²) in [7, 11) is 0. The molecule has 0 aromatic heterocycles. The zero-order valence-corrected chi connectivity index (χ0v) is 10.6. The highest BCUT2D eigenvalue weighted by Crippen LogP contribution is 2.28. The van der Waals surface area contributed by atoms with Crippen LogP contribution in [-0.4, -0.2) is 4.92 Å². The second-order valence-corrected chi connectivity index (χ2v) is 4.68. The maximum absolute atomic E-state index is 10.4. The number of benzene rings is 1. The molecule has 0 heterocycles. The maximum Gasteiger partial charge on any atom is 0.271 e. The first-order valence-corrected chi connectivity index (χ1v) is 5.35. The molecule has 0 radical (unpaired) electrons. The van der Waals surface area contributed by atoms with Gasteiger partial charge in [-0.3, -0.25) is 10.1 Å². The Morgan fingerprint density at radius 3 is 2.08 bits per heavy atom. The summed E-state index contributed by atoms with van der Waals surface area (Å²) in [4.78, 5) is 9.94. The second kappa shape index (κ2) is 4.05. The zero-order valence-electron chi connectivity index (χ0n) is 5.55. The molecular formula is C6H2ClI2NO2. The van der Waals surface area contributed by atoms with E-state index in [0.29, 0.717) is 12.2 Å². The van der Waals surface area contributed by atoms with Gasteiger partial charge in [-0.15, -0.1) is 0 Å². The van der Waals surface area contributed by atoms with Crippen LogP contribution in [-0.2, 0) is 0 Å². The lowest BCUT2D eigenvalue weighted by atomic mass is 10.3. The number of nitro benzene ring substituents is 1. The minimum atomic E-state index is -0.430. The standard InChI is InChI=1S/C6H2ClI2NO2/c7-6-4(8)1-3(10(11)12)2-5(6)9/h1-2H. The molecule has 0 saturated heterocycles. The van der Waals surface area contributed by atoms with Crippen molar-refractivity contribution in [2.45, 2.75) is 0 Å². The number of hydrogen-bond acceptors (Lipinski definition) is 2. The third kappa shape index (κ3) is 2.19. The van der Waals surface area contributed by atoms with Gasteiger partial charge in [0.15, 0.2) is 0 Å². The minimum Gasteiger partial charge on any atom is -0.258 e. The van der Waals surface area contributed by atoms with Gasteiger partial charge in [-0.1, -0.05) is 11.6 Å². The molecule has 1 rings (SSSR count). The maximum atomic E-state index is 10.4. The predicted molar refractivity (Wildman–Crippen MR) is 63.5 cm³/mol. The van der Waals surface area contributed by atoms with Crippen molar-refractivity contribution in [3.05, 3.63) is 34.4 Å². The van der Waals surface area contributed by atoms with Gasteiger partial charge in [-0.2, -0.15) is 0 Å². The number of nitro groups is 1. The SMILES string of the molecule is O=[N+]([O-])c1cc(I)c(Cl)c(I)c1. The first-order chi connectivity index (χ1) is 5.52. The average Bonchev–Trinajstić information content (AvgIpc) is 1.99. The van der Waals surface area contributed by atoms with Crippen LogP contribution < -0.4 is 0 Å². The molecule has 0 aliphatic rings. The fourth-order valence-electron chi connectivity index (χ4n) is 0.648. The molecule has 0 atom stereocenters. The van der Waals surface area contributed by atoms with Crippen LogP contribution in [0.2, 0.25) is 5.02 Å². The van der Waals surface area contributed by atoms with Crippen molar-refractivity contribution in [2.75, 3.05) is 0 Å². The molecule has 0 saturated carbocycles. The molecule has 0 aliphatic carbocycles. The monoisotopic (exact) mass is 409 g/mol. The Morgan fingerprint density at radius 2 is 1.75 bits per heavy atom. The number of hydrogen-bond donors (Lipinski definition) is 0. The van der Waals surface area contributed by atoms with Crippen LogP contribution in [0.1, 0.15) is 0 Å². The van der Waals surface area contributed by atoms with E-state index >= 15 is 0 Å².